The van der Waals surface area contributed by atoms with Crippen molar-refractivity contribution in [3.8, 4) is 5.75 Å². The molecule has 1 saturated heterocycles. The summed E-state index contributed by atoms with van der Waals surface area (Å²) in [6.07, 6.45) is -0.845. The Bertz CT molecular complexity index is 1140. The topological polar surface area (TPSA) is 78.9 Å². The van der Waals surface area contributed by atoms with Crippen LogP contribution in [0.1, 0.15) is 11.1 Å². The number of amides is 3. The molecule has 8 heteroatoms. The highest BCUT2D eigenvalue weighted by atomic mass is 35.5. The van der Waals surface area contributed by atoms with Gasteiger partial charge in [-0.3, -0.25) is 9.69 Å². The summed E-state index contributed by atoms with van der Waals surface area (Å²) in [5, 5.41) is 14.2. The molecular formula is C25H22Cl2N2O4. The number of nitrogens with one attached hydrogen (secondary N) is 1. The summed E-state index contributed by atoms with van der Waals surface area (Å²) in [5.41, 5.74) is 0.304. The number of aliphatic hydroxyl groups excluding tert-OH is 1. The number of aliphatic hydroxyl groups is 1. The van der Waals surface area contributed by atoms with E-state index in [2.05, 4.69) is 5.32 Å². The maximum Gasteiger partial charge on any atom is 0.325 e. The second-order valence-corrected chi connectivity index (χ2v) is 8.66. The molecule has 4 rings (SSSR count). The molecule has 2 N–H and O–H groups in total. The number of hydrogen-bond acceptors (Lipinski definition) is 4. The lowest BCUT2D eigenvalue weighted by atomic mass is 9.83. The van der Waals surface area contributed by atoms with Crippen LogP contribution in [0, 0.1) is 0 Å². The first kappa shape index (κ1) is 23.1. The molecule has 2 atom stereocenters. The zero-order chi connectivity index (χ0) is 23.4. The SMILES string of the molecule is O=C1N[C@@](Cc2ccccc2)(c2ccccc2)C(=O)N1C[C@@H](O)COc1cc(Cl)ccc1Cl. The Hall–Kier alpha value is -3.06. The van der Waals surface area contributed by atoms with E-state index in [-0.39, 0.29) is 19.6 Å². The molecule has 0 radical (unpaired) electrons. The Morgan fingerprint density at radius 1 is 0.970 bits per heavy atom. The minimum absolute atomic E-state index is 0.172. The van der Waals surface area contributed by atoms with Crippen LogP contribution in [0.3, 0.4) is 0 Å². The molecule has 3 aromatic carbocycles. The highest BCUT2D eigenvalue weighted by Gasteiger charge is 2.52. The van der Waals surface area contributed by atoms with Crippen LogP contribution in [0.25, 0.3) is 0 Å². The van der Waals surface area contributed by atoms with Gasteiger partial charge in [0.05, 0.1) is 11.6 Å². The van der Waals surface area contributed by atoms with Crippen molar-refractivity contribution in [1.82, 2.24) is 10.2 Å². The van der Waals surface area contributed by atoms with Gasteiger partial charge in [0, 0.05) is 17.5 Å². The zero-order valence-electron chi connectivity index (χ0n) is 17.6. The maximum atomic E-state index is 13.6. The molecule has 0 aliphatic carbocycles. The number of halogens is 2. The number of rotatable bonds is 8. The van der Waals surface area contributed by atoms with Gasteiger partial charge < -0.3 is 15.2 Å². The molecule has 0 spiro atoms. The minimum atomic E-state index is -1.27. The van der Waals surface area contributed by atoms with Gasteiger partial charge in [0.2, 0.25) is 0 Å². The number of hydrogen-bond donors (Lipinski definition) is 2. The summed E-state index contributed by atoms with van der Waals surface area (Å²) in [6.45, 7) is -0.402. The Morgan fingerprint density at radius 3 is 2.33 bits per heavy atom. The van der Waals surface area contributed by atoms with Gasteiger partial charge in [-0.05, 0) is 23.3 Å². The average molecular weight is 485 g/mol. The van der Waals surface area contributed by atoms with E-state index in [0.717, 1.165) is 10.5 Å². The third-order valence-corrected chi connectivity index (χ3v) is 6.02. The summed E-state index contributed by atoms with van der Waals surface area (Å²) < 4.78 is 5.56. The zero-order valence-corrected chi connectivity index (χ0v) is 19.1. The van der Waals surface area contributed by atoms with Gasteiger partial charge in [0.25, 0.3) is 5.91 Å². The van der Waals surface area contributed by atoms with Crippen LogP contribution in [-0.4, -0.2) is 41.2 Å². The highest BCUT2D eigenvalue weighted by molar-refractivity contribution is 6.34. The molecule has 170 valence electrons. The summed E-state index contributed by atoms with van der Waals surface area (Å²) in [4.78, 5) is 27.5. The van der Waals surface area contributed by atoms with Crippen LogP contribution >= 0.6 is 23.2 Å². The Kier molecular flexibility index (Phi) is 6.88. The van der Waals surface area contributed by atoms with E-state index < -0.39 is 23.6 Å². The van der Waals surface area contributed by atoms with Crippen molar-refractivity contribution in [2.24, 2.45) is 0 Å². The normalized spacial score (nSPS) is 18.8. The minimum Gasteiger partial charge on any atom is -0.489 e. The average Bonchev–Trinajstić information content (AvgIpc) is 3.06. The summed E-state index contributed by atoms with van der Waals surface area (Å²) in [7, 11) is 0. The van der Waals surface area contributed by atoms with Gasteiger partial charge in [-0.15, -0.1) is 0 Å². The van der Waals surface area contributed by atoms with E-state index in [1.165, 1.54) is 6.07 Å². The van der Waals surface area contributed by atoms with Crippen LogP contribution < -0.4 is 10.1 Å². The number of nitrogens with zero attached hydrogens (tertiary/aromatic N) is 1. The van der Waals surface area contributed by atoms with Gasteiger partial charge in [-0.25, -0.2) is 4.79 Å². The van der Waals surface area contributed by atoms with Gasteiger partial charge >= 0.3 is 6.03 Å². The van der Waals surface area contributed by atoms with E-state index in [4.69, 9.17) is 27.9 Å². The molecule has 1 fully saturated rings. The molecule has 3 amide bonds. The summed E-state index contributed by atoms with van der Waals surface area (Å²) >= 11 is 12.0. The second-order valence-electron chi connectivity index (χ2n) is 7.82. The lowest BCUT2D eigenvalue weighted by Gasteiger charge is -2.28. The van der Waals surface area contributed by atoms with Crippen molar-refractivity contribution in [3.63, 3.8) is 0 Å². The number of urea groups is 1. The fourth-order valence-corrected chi connectivity index (χ4v) is 4.21. The summed E-state index contributed by atoms with van der Waals surface area (Å²) in [6, 6.07) is 22.8. The molecule has 1 aliphatic rings. The van der Waals surface area contributed by atoms with Crippen LogP contribution in [0.15, 0.2) is 78.9 Å². The van der Waals surface area contributed by atoms with Crippen molar-refractivity contribution in [3.05, 3.63) is 100 Å². The van der Waals surface area contributed by atoms with Crippen LogP contribution in [0.4, 0.5) is 4.79 Å². The first-order chi connectivity index (χ1) is 15.9. The van der Waals surface area contributed by atoms with E-state index >= 15 is 0 Å². The highest BCUT2D eigenvalue weighted by Crippen LogP contribution is 2.33. The van der Waals surface area contributed by atoms with Crippen molar-refractivity contribution in [2.45, 2.75) is 18.1 Å². The van der Waals surface area contributed by atoms with Gasteiger partial charge in [0.1, 0.15) is 18.5 Å². The number of β-amino-alcohol motifs (C(OH)–C–C–N with tert-alkyl or cyclic N) is 1. The Balaban J connectivity index is 1.53. The second kappa shape index (κ2) is 9.83. The molecule has 0 unspecified atom stereocenters. The van der Waals surface area contributed by atoms with Gasteiger partial charge in [0.15, 0.2) is 5.54 Å². The monoisotopic (exact) mass is 484 g/mol. The summed E-state index contributed by atoms with van der Waals surface area (Å²) in [5.74, 6) is -0.120. The predicted octanol–water partition coefficient (Wildman–Crippen LogP) is 4.42. The number of benzene rings is 3. The van der Waals surface area contributed by atoms with Crippen LogP contribution in [-0.2, 0) is 16.8 Å². The van der Waals surface area contributed by atoms with Gasteiger partial charge in [-0.1, -0.05) is 83.9 Å². The number of carbonyl (C=O) groups excluding carboxylic acids is 2. The van der Waals surface area contributed by atoms with Crippen molar-refractivity contribution >= 4 is 35.1 Å². The largest absolute Gasteiger partial charge is 0.489 e. The van der Waals surface area contributed by atoms with E-state index in [1.54, 1.807) is 12.1 Å². The van der Waals surface area contributed by atoms with Crippen molar-refractivity contribution in [2.75, 3.05) is 13.2 Å². The molecule has 33 heavy (non-hydrogen) atoms. The predicted molar refractivity (Wildman–Crippen MR) is 126 cm³/mol. The molecule has 0 bridgehead atoms. The number of ether oxygens (including phenoxy) is 1. The quantitative estimate of drug-likeness (QED) is 0.463. The molecule has 1 heterocycles. The number of carbonyl (C=O) groups is 2. The lowest BCUT2D eigenvalue weighted by Crippen LogP contribution is -2.46. The van der Waals surface area contributed by atoms with Crippen molar-refractivity contribution in [1.29, 1.82) is 0 Å². The van der Waals surface area contributed by atoms with Crippen LogP contribution in [0.2, 0.25) is 10.0 Å². The Morgan fingerprint density at radius 2 is 1.64 bits per heavy atom. The molecule has 6 nitrogen and oxygen atoms in total. The third-order valence-electron chi connectivity index (χ3n) is 5.47. The molecule has 1 aliphatic heterocycles. The lowest BCUT2D eigenvalue weighted by molar-refractivity contribution is -0.132. The smallest absolute Gasteiger partial charge is 0.325 e. The van der Waals surface area contributed by atoms with Crippen molar-refractivity contribution < 1.29 is 19.4 Å². The third kappa shape index (κ3) is 4.98. The molecule has 0 saturated carbocycles. The molecular weight excluding hydrogens is 463 g/mol. The van der Waals surface area contributed by atoms with Crippen LogP contribution in [0.5, 0.6) is 5.75 Å². The molecule has 3 aromatic rings. The first-order valence-electron chi connectivity index (χ1n) is 10.4. The van der Waals surface area contributed by atoms with E-state index in [0.29, 0.717) is 21.4 Å². The Labute approximate surface area is 201 Å². The molecule has 0 aromatic heterocycles. The maximum absolute atomic E-state index is 13.6. The van der Waals surface area contributed by atoms with E-state index in [1.807, 2.05) is 60.7 Å². The van der Waals surface area contributed by atoms with E-state index in [9.17, 15) is 14.7 Å². The fraction of sp³-hybridized carbons (Fsp3) is 0.200. The fourth-order valence-electron chi connectivity index (χ4n) is 3.87. The van der Waals surface area contributed by atoms with Gasteiger partial charge in [-0.2, -0.15) is 0 Å². The standard InChI is InChI=1S/C25H22Cl2N2O4/c26-19-11-12-21(27)22(13-19)33-16-20(30)15-29-23(31)25(28-24(29)32,18-9-5-2-6-10-18)14-17-7-3-1-4-8-17/h1-13,20,30H,14-16H2,(H,28,32)/t20-,25+/m1/s1. The first-order valence-corrected chi connectivity index (χ1v) is 11.1. The number of imide groups is 1.